The maximum Gasteiger partial charge on any atom is 0.175 e. The maximum atomic E-state index is 13.0. The number of hydrogen-bond acceptors (Lipinski definition) is 2. The highest BCUT2D eigenvalue weighted by Crippen LogP contribution is 2.11. The third-order valence-electron chi connectivity index (χ3n) is 2.49. The first-order chi connectivity index (χ1) is 9.06. The van der Waals surface area contributed by atoms with Crippen molar-refractivity contribution in [2.75, 3.05) is 5.75 Å². The van der Waals surface area contributed by atoms with E-state index in [-0.39, 0.29) is 11.3 Å². The lowest BCUT2D eigenvalue weighted by Gasteiger charge is -2.02. The lowest BCUT2D eigenvalue weighted by atomic mass is 10.1. The standard InChI is InChI=1S/C14H10F2O2S/c15-11-4-6-13(7-5-11)19(18)9-14(17)10-2-1-3-12(16)8-10/h1-8H,9H2. The molecule has 1 atom stereocenters. The van der Waals surface area contributed by atoms with E-state index in [1.54, 1.807) is 0 Å². The van der Waals surface area contributed by atoms with E-state index in [9.17, 15) is 17.8 Å². The number of benzene rings is 2. The molecule has 0 saturated carbocycles. The summed E-state index contributed by atoms with van der Waals surface area (Å²) in [5.74, 6) is -1.62. The third-order valence-corrected chi connectivity index (χ3v) is 3.81. The van der Waals surface area contributed by atoms with Crippen LogP contribution < -0.4 is 0 Å². The minimum atomic E-state index is -1.57. The number of rotatable bonds is 4. The molecule has 0 N–H and O–H groups in total. The SMILES string of the molecule is O=C(CS(=O)c1ccc(F)cc1)c1cccc(F)c1. The summed E-state index contributed by atoms with van der Waals surface area (Å²) in [5, 5.41) is 0. The molecule has 2 nitrogen and oxygen atoms in total. The fraction of sp³-hybridized carbons (Fsp3) is 0.0714. The average Bonchev–Trinajstić information content (AvgIpc) is 2.39. The predicted molar refractivity (Wildman–Crippen MR) is 68.4 cm³/mol. The van der Waals surface area contributed by atoms with Crippen LogP contribution in [0.5, 0.6) is 0 Å². The Morgan fingerprint density at radius 3 is 2.32 bits per heavy atom. The van der Waals surface area contributed by atoms with Gasteiger partial charge in [-0.2, -0.15) is 0 Å². The topological polar surface area (TPSA) is 34.1 Å². The van der Waals surface area contributed by atoms with Crippen LogP contribution in [0.1, 0.15) is 10.4 Å². The molecule has 0 heterocycles. The van der Waals surface area contributed by atoms with Crippen LogP contribution in [0.25, 0.3) is 0 Å². The summed E-state index contributed by atoms with van der Waals surface area (Å²) >= 11 is 0. The van der Waals surface area contributed by atoms with Gasteiger partial charge in [0.25, 0.3) is 0 Å². The molecule has 0 aliphatic rings. The molecule has 0 fully saturated rings. The highest BCUT2D eigenvalue weighted by Gasteiger charge is 2.13. The second-order valence-corrected chi connectivity index (χ2v) is 5.33. The zero-order chi connectivity index (χ0) is 13.8. The van der Waals surface area contributed by atoms with Crippen molar-refractivity contribution in [3.63, 3.8) is 0 Å². The van der Waals surface area contributed by atoms with Crippen molar-refractivity contribution in [3.8, 4) is 0 Å². The second kappa shape index (κ2) is 5.84. The molecule has 0 aliphatic heterocycles. The average molecular weight is 280 g/mol. The Bertz CT molecular complexity index is 624. The number of carbonyl (C=O) groups is 1. The minimum Gasteiger partial charge on any atom is -0.293 e. The number of ketones is 1. The van der Waals surface area contributed by atoms with Crippen molar-refractivity contribution in [1.29, 1.82) is 0 Å². The number of carbonyl (C=O) groups excluding carboxylic acids is 1. The normalized spacial score (nSPS) is 12.1. The fourth-order valence-electron chi connectivity index (χ4n) is 1.53. The molecule has 19 heavy (non-hydrogen) atoms. The van der Waals surface area contributed by atoms with Gasteiger partial charge in [-0.1, -0.05) is 12.1 Å². The van der Waals surface area contributed by atoms with Gasteiger partial charge in [0.05, 0.1) is 16.6 Å². The number of hydrogen-bond donors (Lipinski definition) is 0. The lowest BCUT2D eigenvalue weighted by molar-refractivity contribution is 0.102. The number of Topliss-reactive ketones (excluding diaryl/α,β-unsaturated/α-hetero) is 1. The van der Waals surface area contributed by atoms with Crippen molar-refractivity contribution in [2.45, 2.75) is 4.90 Å². The van der Waals surface area contributed by atoms with Crippen molar-refractivity contribution >= 4 is 16.6 Å². The Hall–Kier alpha value is -1.88. The van der Waals surface area contributed by atoms with Crippen molar-refractivity contribution in [2.24, 2.45) is 0 Å². The van der Waals surface area contributed by atoms with Crippen molar-refractivity contribution in [3.05, 3.63) is 65.7 Å². The highest BCUT2D eigenvalue weighted by molar-refractivity contribution is 7.85. The summed E-state index contributed by atoms with van der Waals surface area (Å²) in [7, 11) is -1.57. The molecule has 5 heteroatoms. The monoisotopic (exact) mass is 280 g/mol. The molecule has 0 radical (unpaired) electrons. The maximum absolute atomic E-state index is 13.0. The van der Waals surface area contributed by atoms with Crippen LogP contribution in [0.15, 0.2) is 53.4 Å². The van der Waals surface area contributed by atoms with E-state index < -0.39 is 28.2 Å². The fourth-order valence-corrected chi connectivity index (χ4v) is 2.55. The van der Waals surface area contributed by atoms with Crippen LogP contribution in [-0.4, -0.2) is 15.7 Å². The molecule has 0 saturated heterocycles. The Balaban J connectivity index is 2.11. The zero-order valence-electron chi connectivity index (χ0n) is 9.81. The Morgan fingerprint density at radius 2 is 1.68 bits per heavy atom. The van der Waals surface area contributed by atoms with E-state index in [1.165, 1.54) is 42.5 Å². The molecular formula is C14H10F2O2S. The van der Waals surface area contributed by atoms with Crippen LogP contribution in [-0.2, 0) is 10.8 Å². The zero-order valence-corrected chi connectivity index (χ0v) is 10.6. The van der Waals surface area contributed by atoms with Crippen LogP contribution in [0.4, 0.5) is 8.78 Å². The highest BCUT2D eigenvalue weighted by atomic mass is 32.2. The summed E-state index contributed by atoms with van der Waals surface area (Å²) in [6.07, 6.45) is 0. The first-order valence-electron chi connectivity index (χ1n) is 5.49. The smallest absolute Gasteiger partial charge is 0.175 e. The second-order valence-electron chi connectivity index (χ2n) is 3.88. The van der Waals surface area contributed by atoms with Crippen LogP contribution >= 0.6 is 0 Å². The van der Waals surface area contributed by atoms with Crippen LogP contribution in [0.2, 0.25) is 0 Å². The molecule has 0 bridgehead atoms. The van der Waals surface area contributed by atoms with Crippen molar-refractivity contribution < 1.29 is 17.8 Å². The van der Waals surface area contributed by atoms with Gasteiger partial charge >= 0.3 is 0 Å². The molecule has 0 spiro atoms. The Morgan fingerprint density at radius 1 is 1.00 bits per heavy atom. The lowest BCUT2D eigenvalue weighted by Crippen LogP contribution is -2.11. The van der Waals surface area contributed by atoms with Crippen molar-refractivity contribution in [1.82, 2.24) is 0 Å². The molecular weight excluding hydrogens is 270 g/mol. The van der Waals surface area contributed by atoms with Gasteiger partial charge in [0, 0.05) is 10.5 Å². The Labute approximate surface area is 111 Å². The van der Waals surface area contributed by atoms with Gasteiger partial charge in [0.2, 0.25) is 0 Å². The summed E-state index contributed by atoms with van der Waals surface area (Å²) in [5.41, 5.74) is 0.176. The van der Waals surface area contributed by atoms with Gasteiger partial charge in [-0.15, -0.1) is 0 Å². The van der Waals surface area contributed by atoms with Gasteiger partial charge in [-0.25, -0.2) is 8.78 Å². The molecule has 2 aromatic carbocycles. The largest absolute Gasteiger partial charge is 0.293 e. The first-order valence-corrected chi connectivity index (χ1v) is 6.81. The van der Waals surface area contributed by atoms with Gasteiger partial charge in [-0.3, -0.25) is 9.00 Å². The van der Waals surface area contributed by atoms with Gasteiger partial charge in [-0.05, 0) is 36.4 Å². The molecule has 1 unspecified atom stereocenters. The minimum absolute atomic E-state index is 0.176. The van der Waals surface area contributed by atoms with Gasteiger partial charge < -0.3 is 0 Å². The predicted octanol–water partition coefficient (Wildman–Crippen LogP) is 2.96. The van der Waals surface area contributed by atoms with Crippen LogP contribution in [0, 0.1) is 11.6 Å². The van der Waals surface area contributed by atoms with E-state index in [4.69, 9.17) is 0 Å². The molecule has 0 aromatic heterocycles. The van der Waals surface area contributed by atoms with Gasteiger partial charge in [0.15, 0.2) is 5.78 Å². The van der Waals surface area contributed by atoms with E-state index in [0.717, 1.165) is 6.07 Å². The number of halogens is 2. The van der Waals surface area contributed by atoms with E-state index in [0.29, 0.717) is 4.90 Å². The quantitative estimate of drug-likeness (QED) is 0.807. The third kappa shape index (κ3) is 3.54. The molecule has 2 rings (SSSR count). The molecule has 0 amide bonds. The van der Waals surface area contributed by atoms with E-state index >= 15 is 0 Å². The van der Waals surface area contributed by atoms with Crippen LogP contribution in [0.3, 0.4) is 0 Å². The molecule has 2 aromatic rings. The summed E-state index contributed by atoms with van der Waals surface area (Å²) in [4.78, 5) is 12.2. The van der Waals surface area contributed by atoms with E-state index in [2.05, 4.69) is 0 Å². The molecule has 98 valence electrons. The van der Waals surface area contributed by atoms with E-state index in [1.807, 2.05) is 0 Å². The first kappa shape index (κ1) is 13.5. The summed E-state index contributed by atoms with van der Waals surface area (Å²) in [6.45, 7) is 0. The molecule has 0 aliphatic carbocycles. The summed E-state index contributed by atoms with van der Waals surface area (Å²) in [6, 6.07) is 10.3. The summed E-state index contributed by atoms with van der Waals surface area (Å²) < 4.78 is 37.6. The Kier molecular flexibility index (Phi) is 4.16. The van der Waals surface area contributed by atoms with Gasteiger partial charge in [0.1, 0.15) is 11.6 Å².